The highest BCUT2D eigenvalue weighted by atomic mass is 16.6. The van der Waals surface area contributed by atoms with E-state index in [1.165, 1.54) is 13.4 Å². The summed E-state index contributed by atoms with van der Waals surface area (Å²) in [6.07, 6.45) is 2.08. The molecule has 0 aliphatic carbocycles. The number of ether oxygens (including phenoxy) is 4. The van der Waals surface area contributed by atoms with Crippen molar-refractivity contribution >= 4 is 16.9 Å². The molecule has 0 saturated carbocycles. The number of rotatable bonds is 5. The van der Waals surface area contributed by atoms with E-state index in [2.05, 4.69) is 0 Å². The smallest absolute Gasteiger partial charge is 0.346 e. The van der Waals surface area contributed by atoms with Crippen LogP contribution in [0.5, 0.6) is 17.2 Å². The Morgan fingerprint density at radius 2 is 1.90 bits per heavy atom. The van der Waals surface area contributed by atoms with Crippen LogP contribution in [-0.2, 0) is 16.0 Å². The Morgan fingerprint density at radius 3 is 2.65 bits per heavy atom. The highest BCUT2D eigenvalue weighted by molar-refractivity contribution is 5.84. The summed E-state index contributed by atoms with van der Waals surface area (Å²) < 4.78 is 27.7. The maximum atomic E-state index is 13.3. The van der Waals surface area contributed by atoms with Crippen molar-refractivity contribution in [2.24, 2.45) is 0 Å². The van der Waals surface area contributed by atoms with Crippen molar-refractivity contribution in [3.63, 3.8) is 0 Å². The van der Waals surface area contributed by atoms with Gasteiger partial charge in [-0.2, -0.15) is 0 Å². The average molecular weight is 424 g/mol. The van der Waals surface area contributed by atoms with Crippen molar-refractivity contribution < 1.29 is 28.2 Å². The lowest BCUT2D eigenvalue weighted by atomic mass is 10.0. The molecule has 1 aliphatic rings. The second kappa shape index (κ2) is 8.71. The summed E-state index contributed by atoms with van der Waals surface area (Å²) in [6, 6.07) is 8.83. The van der Waals surface area contributed by atoms with Gasteiger partial charge in [-0.1, -0.05) is 13.0 Å². The molecule has 0 bridgehead atoms. The maximum absolute atomic E-state index is 13.3. The first kappa shape index (κ1) is 20.8. The van der Waals surface area contributed by atoms with Crippen molar-refractivity contribution in [3.8, 4) is 28.4 Å². The second-order valence-electron chi connectivity index (χ2n) is 7.28. The van der Waals surface area contributed by atoms with E-state index in [0.717, 1.165) is 12.0 Å². The molecule has 0 amide bonds. The number of carbonyl (C=O) groups excluding carboxylic acids is 1. The first-order valence-electron chi connectivity index (χ1n) is 10.2. The number of carbonyl (C=O) groups is 1. The van der Waals surface area contributed by atoms with E-state index in [9.17, 15) is 9.59 Å². The van der Waals surface area contributed by atoms with E-state index in [4.69, 9.17) is 23.4 Å². The zero-order chi connectivity index (χ0) is 22.0. The van der Waals surface area contributed by atoms with Gasteiger partial charge in [0, 0.05) is 12.5 Å². The van der Waals surface area contributed by atoms with E-state index < -0.39 is 12.1 Å². The summed E-state index contributed by atoms with van der Waals surface area (Å²) in [5.74, 6) is 1.29. The van der Waals surface area contributed by atoms with Gasteiger partial charge in [-0.25, -0.2) is 4.79 Å². The topological polar surface area (TPSA) is 84.2 Å². The molecular formula is C24H24O7. The molecule has 0 fully saturated rings. The molecule has 162 valence electrons. The van der Waals surface area contributed by atoms with Crippen molar-refractivity contribution in [1.29, 1.82) is 0 Å². The molecule has 3 aromatic rings. The molecule has 2 heterocycles. The minimum absolute atomic E-state index is 0.155. The quantitative estimate of drug-likeness (QED) is 0.570. The highest BCUT2D eigenvalue weighted by Gasteiger charge is 2.19. The molecule has 0 spiro atoms. The van der Waals surface area contributed by atoms with E-state index >= 15 is 0 Å². The Bertz CT molecular complexity index is 1180. The molecule has 0 saturated heterocycles. The molecular weight excluding hydrogens is 400 g/mol. The van der Waals surface area contributed by atoms with Crippen LogP contribution in [0.2, 0.25) is 0 Å². The molecule has 1 aromatic heterocycles. The summed E-state index contributed by atoms with van der Waals surface area (Å²) in [6.45, 7) is 4.73. The molecule has 4 rings (SSSR count). The Kier molecular flexibility index (Phi) is 5.84. The van der Waals surface area contributed by atoms with Crippen LogP contribution in [-0.4, -0.2) is 32.4 Å². The number of hydrogen-bond donors (Lipinski definition) is 0. The van der Waals surface area contributed by atoms with Crippen molar-refractivity contribution in [1.82, 2.24) is 0 Å². The van der Waals surface area contributed by atoms with Crippen LogP contribution in [0.3, 0.4) is 0 Å². The Morgan fingerprint density at radius 1 is 1.13 bits per heavy atom. The number of aryl methyl sites for hydroxylation is 1. The standard InChI is InChI=1S/C24H24O7/c1-4-15-10-17-21(12-20(15)31-14(2)24(26)27-3)30-13-18(23(17)25)16-6-7-19-22(11-16)29-9-5-8-28-19/h6-7,10-14H,4-5,8-9H2,1-3H3/t14-/m1/s1. The van der Waals surface area contributed by atoms with E-state index in [1.807, 2.05) is 19.1 Å². The molecule has 31 heavy (non-hydrogen) atoms. The van der Waals surface area contributed by atoms with Crippen molar-refractivity contribution in [3.05, 3.63) is 52.4 Å². The fourth-order valence-electron chi connectivity index (χ4n) is 3.52. The minimum atomic E-state index is -0.777. The molecule has 0 radical (unpaired) electrons. The lowest BCUT2D eigenvalue weighted by Crippen LogP contribution is -2.25. The van der Waals surface area contributed by atoms with Crippen LogP contribution in [0.25, 0.3) is 22.1 Å². The predicted molar refractivity (Wildman–Crippen MR) is 115 cm³/mol. The molecule has 7 nitrogen and oxygen atoms in total. The fourth-order valence-corrected chi connectivity index (χ4v) is 3.52. The summed E-state index contributed by atoms with van der Waals surface area (Å²) in [7, 11) is 1.31. The van der Waals surface area contributed by atoms with E-state index in [-0.39, 0.29) is 5.43 Å². The minimum Gasteiger partial charge on any atom is -0.490 e. The summed E-state index contributed by atoms with van der Waals surface area (Å²) in [5.41, 5.74) is 2.15. The van der Waals surface area contributed by atoms with Gasteiger partial charge in [-0.3, -0.25) is 4.79 Å². The zero-order valence-electron chi connectivity index (χ0n) is 17.7. The van der Waals surface area contributed by atoms with Crippen LogP contribution in [0.4, 0.5) is 0 Å². The Labute approximate surface area is 179 Å². The molecule has 0 N–H and O–H groups in total. The van der Waals surface area contributed by atoms with Gasteiger partial charge in [0.2, 0.25) is 5.43 Å². The van der Waals surface area contributed by atoms with E-state index in [1.54, 1.807) is 25.1 Å². The van der Waals surface area contributed by atoms with Crippen LogP contribution in [0.15, 0.2) is 45.8 Å². The monoisotopic (exact) mass is 424 g/mol. The van der Waals surface area contributed by atoms with Gasteiger partial charge in [0.25, 0.3) is 0 Å². The summed E-state index contributed by atoms with van der Waals surface area (Å²) in [5, 5.41) is 0.444. The summed E-state index contributed by atoms with van der Waals surface area (Å²) in [4.78, 5) is 25.0. The van der Waals surface area contributed by atoms with Crippen LogP contribution in [0.1, 0.15) is 25.8 Å². The van der Waals surface area contributed by atoms with Gasteiger partial charge >= 0.3 is 5.97 Å². The third kappa shape index (κ3) is 4.08. The van der Waals surface area contributed by atoms with Crippen LogP contribution >= 0.6 is 0 Å². The third-order valence-electron chi connectivity index (χ3n) is 5.23. The number of esters is 1. The first-order chi connectivity index (χ1) is 15.0. The first-order valence-corrected chi connectivity index (χ1v) is 10.2. The second-order valence-corrected chi connectivity index (χ2v) is 7.28. The zero-order valence-corrected chi connectivity index (χ0v) is 17.7. The van der Waals surface area contributed by atoms with Crippen molar-refractivity contribution in [2.45, 2.75) is 32.8 Å². The van der Waals surface area contributed by atoms with E-state index in [0.29, 0.717) is 59.0 Å². The summed E-state index contributed by atoms with van der Waals surface area (Å²) >= 11 is 0. The van der Waals surface area contributed by atoms with Crippen molar-refractivity contribution in [2.75, 3.05) is 20.3 Å². The van der Waals surface area contributed by atoms with Crippen LogP contribution in [0, 0.1) is 0 Å². The maximum Gasteiger partial charge on any atom is 0.346 e. The SMILES string of the molecule is CCc1cc2c(=O)c(-c3ccc4c(c3)OCCCO4)coc2cc1O[C@H](C)C(=O)OC. The van der Waals surface area contributed by atoms with Gasteiger partial charge in [-0.05, 0) is 42.7 Å². The molecule has 2 aromatic carbocycles. The van der Waals surface area contributed by atoms with Gasteiger partial charge in [-0.15, -0.1) is 0 Å². The van der Waals surface area contributed by atoms with Gasteiger partial charge in [0.15, 0.2) is 17.6 Å². The van der Waals surface area contributed by atoms with Gasteiger partial charge in [0.1, 0.15) is 17.6 Å². The number of methoxy groups -OCH3 is 1. The molecule has 0 unspecified atom stereocenters. The molecule has 1 aliphatic heterocycles. The number of fused-ring (bicyclic) bond motifs is 2. The van der Waals surface area contributed by atoms with Crippen LogP contribution < -0.4 is 19.6 Å². The fraction of sp³-hybridized carbons (Fsp3) is 0.333. The lowest BCUT2D eigenvalue weighted by molar-refractivity contribution is -0.147. The van der Waals surface area contributed by atoms with Gasteiger partial charge in [0.05, 0.1) is 31.3 Å². The molecule has 1 atom stereocenters. The number of hydrogen-bond acceptors (Lipinski definition) is 7. The lowest BCUT2D eigenvalue weighted by Gasteiger charge is -2.16. The largest absolute Gasteiger partial charge is 0.490 e. The number of benzene rings is 2. The predicted octanol–water partition coefficient (Wildman–Crippen LogP) is 4.12. The Balaban J connectivity index is 1.76. The third-order valence-corrected chi connectivity index (χ3v) is 5.23. The normalized spacial score (nSPS) is 14.0. The Hall–Kier alpha value is -3.48. The average Bonchev–Trinajstić information content (AvgIpc) is 3.03. The highest BCUT2D eigenvalue weighted by Crippen LogP contribution is 2.34. The molecule has 7 heteroatoms. The van der Waals surface area contributed by atoms with Gasteiger partial charge < -0.3 is 23.4 Å².